The molecule has 9 nitrogen and oxygen atoms in total. The topological polar surface area (TPSA) is 108 Å². The fourth-order valence-corrected chi connectivity index (χ4v) is 7.83. The zero-order valence-electron chi connectivity index (χ0n) is 52.8. The van der Waals surface area contributed by atoms with Crippen LogP contribution in [0.4, 0.5) is 0 Å². The van der Waals surface area contributed by atoms with E-state index >= 15 is 0 Å². The Kier molecular flexibility index (Phi) is 58.2. The van der Waals surface area contributed by atoms with Gasteiger partial charge in [-0.2, -0.15) is 0 Å². The number of unbranched alkanes of at least 4 members (excludes halogenated alkanes) is 11. The Morgan fingerprint density at radius 3 is 0.964 bits per heavy atom. The smallest absolute Gasteiger partial charge is 0.361 e. The van der Waals surface area contributed by atoms with Crippen LogP contribution < -0.4 is 0 Å². The minimum Gasteiger partial charge on any atom is -0.477 e. The Morgan fingerprint density at radius 2 is 0.651 bits per heavy atom. The third kappa shape index (κ3) is 63.8. The van der Waals surface area contributed by atoms with Gasteiger partial charge in [-0.05, 0) is 135 Å². The highest BCUT2D eigenvalue weighted by Crippen LogP contribution is 2.13. The van der Waals surface area contributed by atoms with Crippen molar-refractivity contribution in [2.75, 3.05) is 47.5 Å². The number of carbonyl (C=O) groups is 3. The van der Waals surface area contributed by atoms with Crippen molar-refractivity contribution in [2.45, 2.75) is 219 Å². The molecule has 0 radical (unpaired) electrons. The van der Waals surface area contributed by atoms with Crippen LogP contribution in [0.15, 0.2) is 182 Å². The molecule has 0 rings (SSSR count). The molecule has 0 aliphatic rings. The molecule has 2 atom stereocenters. The summed E-state index contributed by atoms with van der Waals surface area (Å²) in [5, 5.41) is 9.73. The van der Waals surface area contributed by atoms with Crippen LogP contribution >= 0.6 is 0 Å². The van der Waals surface area contributed by atoms with E-state index < -0.39 is 24.3 Å². The first-order valence-electron chi connectivity index (χ1n) is 31.9. The van der Waals surface area contributed by atoms with Crippen LogP contribution in [0.3, 0.4) is 0 Å². The van der Waals surface area contributed by atoms with Crippen LogP contribution in [0.2, 0.25) is 0 Å². The number of rotatable bonds is 56. The molecule has 0 aliphatic carbocycles. The lowest BCUT2D eigenvalue weighted by molar-refractivity contribution is -0.870. The lowest BCUT2D eigenvalue weighted by atomic mass is 10.1. The van der Waals surface area contributed by atoms with Gasteiger partial charge in [-0.3, -0.25) is 9.59 Å². The van der Waals surface area contributed by atoms with Gasteiger partial charge in [0, 0.05) is 12.8 Å². The fraction of sp³-hybridized carbons (Fsp3) is 0.554. The van der Waals surface area contributed by atoms with Crippen LogP contribution in [-0.2, 0) is 33.3 Å². The monoisotopic (exact) mass is 1150 g/mol. The van der Waals surface area contributed by atoms with Gasteiger partial charge in [-0.15, -0.1) is 0 Å². The molecule has 2 unspecified atom stereocenters. The summed E-state index contributed by atoms with van der Waals surface area (Å²) in [7, 11) is 5.94. The van der Waals surface area contributed by atoms with E-state index in [4.69, 9.17) is 18.9 Å². The van der Waals surface area contributed by atoms with E-state index in [-0.39, 0.29) is 38.6 Å². The van der Waals surface area contributed by atoms with Crippen molar-refractivity contribution in [3.63, 3.8) is 0 Å². The zero-order chi connectivity index (χ0) is 60.5. The largest absolute Gasteiger partial charge is 0.477 e. The van der Waals surface area contributed by atoms with Crippen molar-refractivity contribution >= 4 is 17.9 Å². The molecule has 9 heteroatoms. The number of hydrogen-bond acceptors (Lipinski definition) is 7. The molecule has 0 bridgehead atoms. The maximum absolute atomic E-state index is 12.9. The summed E-state index contributed by atoms with van der Waals surface area (Å²) in [5.41, 5.74) is 0. The van der Waals surface area contributed by atoms with Crippen LogP contribution in [0, 0.1) is 0 Å². The summed E-state index contributed by atoms with van der Waals surface area (Å²) in [6.45, 7) is 4.57. The highest BCUT2D eigenvalue weighted by atomic mass is 16.7. The number of nitrogens with zero attached hydrogens (tertiary/aromatic N) is 1. The summed E-state index contributed by atoms with van der Waals surface area (Å²) < 4.78 is 22.9. The van der Waals surface area contributed by atoms with Gasteiger partial charge in [-0.1, -0.05) is 241 Å². The predicted octanol–water partition coefficient (Wildman–Crippen LogP) is 19.7. The average molecular weight is 1150 g/mol. The number of hydrogen-bond donors (Lipinski definition) is 1. The molecular formula is C74H116NO8+. The van der Waals surface area contributed by atoms with Crippen molar-refractivity contribution in [3.8, 4) is 0 Å². The van der Waals surface area contributed by atoms with Crippen LogP contribution in [0.1, 0.15) is 206 Å². The molecular weight excluding hydrogens is 1030 g/mol. The second-order valence-electron chi connectivity index (χ2n) is 21.6. The average Bonchev–Trinajstić information content (AvgIpc) is 3.46. The van der Waals surface area contributed by atoms with Gasteiger partial charge in [-0.25, -0.2) is 4.79 Å². The van der Waals surface area contributed by atoms with Crippen molar-refractivity contribution in [2.24, 2.45) is 0 Å². The first kappa shape index (κ1) is 77.4. The summed E-state index contributed by atoms with van der Waals surface area (Å²) in [4.78, 5) is 37.6. The van der Waals surface area contributed by atoms with Gasteiger partial charge in [0.25, 0.3) is 6.29 Å². The Hall–Kier alpha value is -5.61. The Morgan fingerprint density at radius 1 is 0.361 bits per heavy atom. The van der Waals surface area contributed by atoms with Crippen LogP contribution in [0.25, 0.3) is 0 Å². The van der Waals surface area contributed by atoms with Gasteiger partial charge in [0.1, 0.15) is 13.2 Å². The lowest BCUT2D eigenvalue weighted by Gasteiger charge is -2.25. The van der Waals surface area contributed by atoms with Gasteiger partial charge >= 0.3 is 17.9 Å². The number of aliphatic carboxylic acids is 1. The molecule has 0 amide bonds. The zero-order valence-corrected chi connectivity index (χ0v) is 52.8. The SMILES string of the molecule is CC/C=C\C/C=C\C/C=C\C/C=C\C/C=C\C/C=C\C/C=C\C/C=C\CCCCCCCCC(=O)OC(COC(=O)CCCCCCC/C=C\C/C=C\C/C=C\C/C=C\C/C=C\C/C=C\C/C=C\CC)COC(OCC[N+](C)(C)C)C(=O)O. The third-order valence-electron chi connectivity index (χ3n) is 12.7. The molecule has 0 aromatic heterocycles. The molecule has 0 fully saturated rings. The minimum absolute atomic E-state index is 0.169. The molecule has 464 valence electrons. The van der Waals surface area contributed by atoms with Gasteiger partial charge < -0.3 is 28.5 Å². The van der Waals surface area contributed by atoms with E-state index in [2.05, 4.69) is 196 Å². The van der Waals surface area contributed by atoms with E-state index in [1.807, 2.05) is 21.1 Å². The Bertz CT molecular complexity index is 2010. The molecule has 0 spiro atoms. The second kappa shape index (κ2) is 62.4. The first-order chi connectivity index (χ1) is 40.6. The van der Waals surface area contributed by atoms with Crippen molar-refractivity contribution in [1.82, 2.24) is 0 Å². The predicted molar refractivity (Wildman–Crippen MR) is 354 cm³/mol. The number of ether oxygens (including phenoxy) is 4. The molecule has 0 saturated heterocycles. The summed E-state index contributed by atoms with van der Waals surface area (Å²) in [6.07, 6.45) is 92.6. The van der Waals surface area contributed by atoms with Crippen molar-refractivity contribution < 1.29 is 42.9 Å². The molecule has 0 aliphatic heterocycles. The molecule has 0 saturated carbocycles. The number of likely N-dealkylation sites (N-methyl/N-ethyl adjacent to an activating group) is 1. The van der Waals surface area contributed by atoms with Crippen LogP contribution in [0.5, 0.6) is 0 Å². The molecule has 83 heavy (non-hydrogen) atoms. The van der Waals surface area contributed by atoms with E-state index in [0.29, 0.717) is 23.9 Å². The normalized spacial score (nSPS) is 14.0. The number of carboxylic acid groups (broad SMARTS) is 1. The summed E-state index contributed by atoms with van der Waals surface area (Å²) in [6, 6.07) is 0. The van der Waals surface area contributed by atoms with Crippen molar-refractivity contribution in [3.05, 3.63) is 182 Å². The molecule has 0 heterocycles. The van der Waals surface area contributed by atoms with Gasteiger partial charge in [0.15, 0.2) is 6.10 Å². The minimum atomic E-state index is -1.53. The van der Waals surface area contributed by atoms with E-state index in [0.717, 1.165) is 167 Å². The highest BCUT2D eigenvalue weighted by Gasteiger charge is 2.25. The van der Waals surface area contributed by atoms with Crippen LogP contribution in [-0.4, -0.2) is 87.4 Å². The van der Waals surface area contributed by atoms with E-state index in [1.165, 1.54) is 0 Å². The Balaban J connectivity index is 4.35. The second-order valence-corrected chi connectivity index (χ2v) is 21.6. The van der Waals surface area contributed by atoms with E-state index in [1.54, 1.807) is 0 Å². The first-order valence-corrected chi connectivity index (χ1v) is 31.9. The van der Waals surface area contributed by atoms with Crippen molar-refractivity contribution in [1.29, 1.82) is 0 Å². The van der Waals surface area contributed by atoms with Gasteiger partial charge in [0.2, 0.25) is 0 Å². The van der Waals surface area contributed by atoms with E-state index in [9.17, 15) is 19.5 Å². The summed E-state index contributed by atoms with van der Waals surface area (Å²) in [5.74, 6) is -2.08. The fourth-order valence-electron chi connectivity index (χ4n) is 7.83. The number of quaternary nitrogens is 1. The molecule has 1 N–H and O–H groups in total. The number of esters is 2. The highest BCUT2D eigenvalue weighted by molar-refractivity contribution is 5.71. The number of carboxylic acids is 1. The quantitative estimate of drug-likeness (QED) is 0.0211. The lowest BCUT2D eigenvalue weighted by Crippen LogP contribution is -2.40. The Labute approximate surface area is 507 Å². The number of carbonyl (C=O) groups excluding carboxylic acids is 2. The maximum atomic E-state index is 12.9. The molecule has 0 aromatic carbocycles. The summed E-state index contributed by atoms with van der Waals surface area (Å²) >= 11 is 0. The molecule has 0 aromatic rings. The standard InChI is InChI=1S/C74H115NO8/c1-6-8-10-12-14-16-18-20-22-24-26-28-30-32-34-35-36-37-39-41-43-45-47-49-51-53-55-57-59-61-63-65-72(77)83-70(69-82-74(73(78)79)80-67-66-75(3,4)5)68-81-71(76)64-62-60-58-56-54-52-50-48-46-44-42-40-38-33-31-29-27-25-23-21-19-17-15-13-11-9-7-2/h8-11,14-17,20-23,26-29,32-34,36-38,41-44,47-50,70,74H,6-7,12-13,18-19,24-25,30-31,35,39-40,45-46,51-69H2,1-5H3/p+1/b10-8-,11-9-,16-14-,17-15-,22-20-,23-21-,28-26-,29-27-,34-32-,37-36-,38-33-,43-41-,44-42-,49-47-,50-48-. The maximum Gasteiger partial charge on any atom is 0.361 e. The van der Waals surface area contributed by atoms with Gasteiger partial charge in [0.05, 0.1) is 34.4 Å². The third-order valence-corrected chi connectivity index (χ3v) is 12.7. The number of allylic oxidation sites excluding steroid dienone is 30.